The van der Waals surface area contributed by atoms with Crippen molar-refractivity contribution in [2.24, 2.45) is 0 Å². The van der Waals surface area contributed by atoms with Gasteiger partial charge in [-0.25, -0.2) is 0 Å². The lowest BCUT2D eigenvalue weighted by molar-refractivity contribution is 0.0681. The Balaban J connectivity index is 1.75. The molecule has 1 atom stereocenters. The Morgan fingerprint density at radius 1 is 1.19 bits per heavy atom. The predicted molar refractivity (Wildman–Crippen MR) is 89.8 cm³/mol. The zero-order chi connectivity index (χ0) is 14.9. The van der Waals surface area contributed by atoms with Crippen LogP contribution in [0.1, 0.15) is 37.2 Å². The summed E-state index contributed by atoms with van der Waals surface area (Å²) >= 11 is 3.51. The van der Waals surface area contributed by atoms with Crippen molar-refractivity contribution in [3.8, 4) is 0 Å². The standard InChI is InChI=1S/C17H26BrNO2/c1-20-11-12-21-10-2-3-15(13-19-17-8-9-17)14-4-6-16(18)7-5-14/h4-7,15,17,19H,2-3,8-13H2,1H3. The molecule has 1 unspecified atom stereocenters. The molecule has 0 aliphatic heterocycles. The van der Waals surface area contributed by atoms with Gasteiger partial charge in [0.05, 0.1) is 13.2 Å². The molecule has 1 aromatic carbocycles. The third-order valence-corrected chi connectivity index (χ3v) is 4.37. The highest BCUT2D eigenvalue weighted by Crippen LogP contribution is 2.25. The maximum atomic E-state index is 5.56. The smallest absolute Gasteiger partial charge is 0.0700 e. The molecule has 1 fully saturated rings. The van der Waals surface area contributed by atoms with Crippen molar-refractivity contribution in [3.63, 3.8) is 0 Å². The third kappa shape index (κ3) is 6.92. The second-order valence-electron chi connectivity index (χ2n) is 5.68. The average molecular weight is 356 g/mol. The second-order valence-corrected chi connectivity index (χ2v) is 6.59. The zero-order valence-corrected chi connectivity index (χ0v) is 14.4. The Morgan fingerprint density at radius 2 is 1.95 bits per heavy atom. The van der Waals surface area contributed by atoms with E-state index in [0.29, 0.717) is 19.1 Å². The molecule has 0 heterocycles. The molecule has 21 heavy (non-hydrogen) atoms. The number of halogens is 1. The van der Waals surface area contributed by atoms with E-state index in [9.17, 15) is 0 Å². The zero-order valence-electron chi connectivity index (χ0n) is 12.8. The van der Waals surface area contributed by atoms with E-state index < -0.39 is 0 Å². The molecule has 0 amide bonds. The number of hydrogen-bond acceptors (Lipinski definition) is 3. The van der Waals surface area contributed by atoms with Gasteiger partial charge >= 0.3 is 0 Å². The lowest BCUT2D eigenvalue weighted by atomic mass is 9.94. The van der Waals surface area contributed by atoms with Crippen LogP contribution in [0, 0.1) is 0 Å². The molecule has 3 nitrogen and oxygen atoms in total. The Hall–Kier alpha value is -0.420. The maximum absolute atomic E-state index is 5.56. The number of nitrogens with one attached hydrogen (secondary N) is 1. The van der Waals surface area contributed by atoms with Crippen LogP contribution in [0.4, 0.5) is 0 Å². The molecule has 0 saturated heterocycles. The minimum atomic E-state index is 0.574. The van der Waals surface area contributed by atoms with Gasteiger partial charge in [-0.3, -0.25) is 0 Å². The van der Waals surface area contributed by atoms with E-state index >= 15 is 0 Å². The van der Waals surface area contributed by atoms with Crippen molar-refractivity contribution in [2.45, 2.75) is 37.6 Å². The topological polar surface area (TPSA) is 30.5 Å². The van der Waals surface area contributed by atoms with Gasteiger partial charge in [0.15, 0.2) is 0 Å². The van der Waals surface area contributed by atoms with Gasteiger partial charge in [0.2, 0.25) is 0 Å². The lowest BCUT2D eigenvalue weighted by Gasteiger charge is -2.18. The summed E-state index contributed by atoms with van der Waals surface area (Å²) in [5.41, 5.74) is 1.42. The van der Waals surface area contributed by atoms with E-state index in [1.807, 2.05) is 0 Å². The van der Waals surface area contributed by atoms with Crippen LogP contribution in [-0.4, -0.2) is 39.5 Å². The van der Waals surface area contributed by atoms with E-state index in [0.717, 1.165) is 36.5 Å². The first kappa shape index (κ1) is 16.9. The fraction of sp³-hybridized carbons (Fsp3) is 0.647. The van der Waals surface area contributed by atoms with E-state index in [1.54, 1.807) is 7.11 Å². The highest BCUT2D eigenvalue weighted by Gasteiger charge is 2.22. The van der Waals surface area contributed by atoms with Gasteiger partial charge in [0.25, 0.3) is 0 Å². The largest absolute Gasteiger partial charge is 0.382 e. The van der Waals surface area contributed by atoms with Gasteiger partial charge in [-0.05, 0) is 49.3 Å². The summed E-state index contributed by atoms with van der Waals surface area (Å²) in [5.74, 6) is 0.574. The van der Waals surface area contributed by atoms with Crippen molar-refractivity contribution < 1.29 is 9.47 Å². The van der Waals surface area contributed by atoms with Gasteiger partial charge in [-0.15, -0.1) is 0 Å². The van der Waals surface area contributed by atoms with Crippen LogP contribution in [-0.2, 0) is 9.47 Å². The van der Waals surface area contributed by atoms with Gasteiger partial charge in [-0.2, -0.15) is 0 Å². The van der Waals surface area contributed by atoms with E-state index in [1.165, 1.54) is 18.4 Å². The summed E-state index contributed by atoms with van der Waals surface area (Å²) in [4.78, 5) is 0. The molecular formula is C17H26BrNO2. The second kappa shape index (κ2) is 9.57. The molecule has 1 aromatic rings. The fourth-order valence-electron chi connectivity index (χ4n) is 2.39. The molecule has 1 aliphatic carbocycles. The summed E-state index contributed by atoms with van der Waals surface area (Å²) in [6, 6.07) is 9.49. The van der Waals surface area contributed by atoms with Crippen molar-refractivity contribution in [1.29, 1.82) is 0 Å². The fourth-order valence-corrected chi connectivity index (χ4v) is 2.66. The molecule has 1 N–H and O–H groups in total. The summed E-state index contributed by atoms with van der Waals surface area (Å²) in [7, 11) is 1.70. The molecule has 0 spiro atoms. The number of methoxy groups -OCH3 is 1. The molecule has 0 aromatic heterocycles. The molecule has 2 rings (SSSR count). The van der Waals surface area contributed by atoms with Crippen LogP contribution in [0.3, 0.4) is 0 Å². The molecule has 0 bridgehead atoms. The minimum Gasteiger partial charge on any atom is -0.382 e. The quantitative estimate of drug-likeness (QED) is 0.613. The van der Waals surface area contributed by atoms with E-state index in [4.69, 9.17) is 9.47 Å². The van der Waals surface area contributed by atoms with Gasteiger partial charge in [0.1, 0.15) is 0 Å². The van der Waals surface area contributed by atoms with Gasteiger partial charge in [0, 0.05) is 30.8 Å². The van der Waals surface area contributed by atoms with Crippen LogP contribution < -0.4 is 5.32 Å². The summed E-state index contributed by atoms with van der Waals surface area (Å²) in [5, 5.41) is 3.66. The molecule has 0 radical (unpaired) electrons. The number of hydrogen-bond donors (Lipinski definition) is 1. The first-order chi connectivity index (χ1) is 10.3. The van der Waals surface area contributed by atoms with Gasteiger partial charge in [-0.1, -0.05) is 28.1 Å². The monoisotopic (exact) mass is 355 g/mol. The summed E-state index contributed by atoms with van der Waals surface area (Å²) in [6.45, 7) is 3.27. The number of ether oxygens (including phenoxy) is 2. The minimum absolute atomic E-state index is 0.574. The molecule has 4 heteroatoms. The molecule has 118 valence electrons. The Bertz CT molecular complexity index is 392. The number of rotatable bonds is 11. The van der Waals surface area contributed by atoms with Crippen LogP contribution >= 0.6 is 15.9 Å². The number of benzene rings is 1. The molecule has 1 saturated carbocycles. The lowest BCUT2D eigenvalue weighted by Crippen LogP contribution is -2.24. The molecule has 1 aliphatic rings. The first-order valence-electron chi connectivity index (χ1n) is 7.85. The van der Waals surface area contributed by atoms with Crippen molar-refractivity contribution >= 4 is 15.9 Å². The molecular weight excluding hydrogens is 330 g/mol. The van der Waals surface area contributed by atoms with Crippen molar-refractivity contribution in [2.75, 3.05) is 33.5 Å². The SMILES string of the molecule is COCCOCCCC(CNC1CC1)c1ccc(Br)cc1. The Labute approximate surface area is 136 Å². The van der Waals surface area contributed by atoms with Crippen molar-refractivity contribution in [3.05, 3.63) is 34.3 Å². The van der Waals surface area contributed by atoms with Crippen LogP contribution in [0.25, 0.3) is 0 Å². The normalized spacial score (nSPS) is 16.1. The maximum Gasteiger partial charge on any atom is 0.0700 e. The van der Waals surface area contributed by atoms with E-state index in [-0.39, 0.29) is 0 Å². The first-order valence-corrected chi connectivity index (χ1v) is 8.64. The van der Waals surface area contributed by atoms with Crippen molar-refractivity contribution in [1.82, 2.24) is 5.32 Å². The third-order valence-electron chi connectivity index (χ3n) is 3.84. The van der Waals surface area contributed by atoms with E-state index in [2.05, 4.69) is 45.5 Å². The average Bonchev–Trinajstić information content (AvgIpc) is 3.31. The van der Waals surface area contributed by atoms with Crippen LogP contribution in [0.5, 0.6) is 0 Å². The Morgan fingerprint density at radius 3 is 2.62 bits per heavy atom. The highest BCUT2D eigenvalue weighted by atomic mass is 79.9. The summed E-state index contributed by atoms with van der Waals surface area (Å²) in [6.07, 6.45) is 4.94. The Kier molecular flexibility index (Phi) is 7.72. The van der Waals surface area contributed by atoms with Crippen LogP contribution in [0.15, 0.2) is 28.7 Å². The highest BCUT2D eigenvalue weighted by molar-refractivity contribution is 9.10. The van der Waals surface area contributed by atoms with Gasteiger partial charge < -0.3 is 14.8 Å². The van der Waals surface area contributed by atoms with Crippen LogP contribution in [0.2, 0.25) is 0 Å². The summed E-state index contributed by atoms with van der Waals surface area (Å²) < 4.78 is 11.7. The predicted octanol–water partition coefficient (Wildman–Crippen LogP) is 3.73.